The molecule has 0 fully saturated rings. The number of nitrogens with two attached hydrogens (primary N) is 1. The lowest BCUT2D eigenvalue weighted by Gasteiger charge is -2.12. The topological polar surface area (TPSA) is 60.2 Å². The van der Waals surface area contributed by atoms with Crippen molar-refractivity contribution in [1.82, 2.24) is 0 Å². The summed E-state index contributed by atoms with van der Waals surface area (Å²) in [4.78, 5) is 24.9. The molecule has 0 amide bonds. The Morgan fingerprint density at radius 3 is 2.04 bits per heavy atom. The number of thioether (sulfide) groups is 2. The molecule has 1 atom stereocenters. The van der Waals surface area contributed by atoms with Crippen molar-refractivity contribution in [2.75, 3.05) is 6.54 Å². The molecule has 0 heterocycles. The van der Waals surface area contributed by atoms with Gasteiger partial charge in [0.2, 0.25) is 10.2 Å². The number of rotatable bonds is 9. The fraction of sp³-hybridized carbons (Fsp3) is 0.182. The summed E-state index contributed by atoms with van der Waals surface area (Å²) in [5, 5.41) is -0.358. The lowest BCUT2D eigenvalue weighted by Crippen LogP contribution is -2.28. The minimum absolute atomic E-state index is 0.0275. The molecule has 0 aromatic heterocycles. The van der Waals surface area contributed by atoms with Crippen LogP contribution in [0.1, 0.15) is 22.3 Å². The van der Waals surface area contributed by atoms with E-state index in [4.69, 9.17) is 5.73 Å². The molecule has 2 N–H and O–H groups in total. The highest BCUT2D eigenvalue weighted by molar-refractivity contribution is 8.15. The molecule has 0 saturated heterocycles. The second-order valence-corrected chi connectivity index (χ2v) is 7.86. The van der Waals surface area contributed by atoms with Crippen LogP contribution in [0, 0.1) is 5.92 Å². The molecule has 0 saturated carbocycles. The Kier molecular flexibility index (Phi) is 8.58. The fourth-order valence-electron chi connectivity index (χ4n) is 2.36. The molecular formula is C22H23NO2S2. The van der Waals surface area contributed by atoms with E-state index >= 15 is 0 Å². The molecule has 3 nitrogen and oxygen atoms in total. The zero-order chi connectivity index (χ0) is 19.6. The van der Waals surface area contributed by atoms with E-state index in [1.807, 2.05) is 48.5 Å². The van der Waals surface area contributed by atoms with Crippen LogP contribution in [0.25, 0.3) is 12.2 Å². The first-order valence-electron chi connectivity index (χ1n) is 8.53. The molecule has 2 rings (SSSR count). The standard InChI is InChI=1S/C22H23NO2S2/c1-3-16-8-10-18(11-9-16)14-26-21(24)20(13-23)22(25)27-15-19-7-5-6-17(4-2)12-19/h3-12,20H,1-2,13-15,23H2. The van der Waals surface area contributed by atoms with Gasteiger partial charge in [-0.1, -0.05) is 97.4 Å². The summed E-state index contributed by atoms with van der Waals surface area (Å²) in [6.07, 6.45) is 3.54. The molecule has 0 aliphatic heterocycles. The Morgan fingerprint density at radius 1 is 0.889 bits per heavy atom. The summed E-state index contributed by atoms with van der Waals surface area (Å²) < 4.78 is 0. The van der Waals surface area contributed by atoms with Crippen LogP contribution in [-0.2, 0) is 21.1 Å². The van der Waals surface area contributed by atoms with Crippen molar-refractivity contribution < 1.29 is 9.59 Å². The Hall–Kier alpha value is -2.08. The van der Waals surface area contributed by atoms with Crippen molar-refractivity contribution in [2.24, 2.45) is 11.7 Å². The van der Waals surface area contributed by atoms with Crippen LogP contribution in [0.4, 0.5) is 0 Å². The van der Waals surface area contributed by atoms with Gasteiger partial charge in [-0.2, -0.15) is 0 Å². The maximum Gasteiger partial charge on any atom is 0.201 e. The molecule has 140 valence electrons. The van der Waals surface area contributed by atoms with Gasteiger partial charge >= 0.3 is 0 Å². The van der Waals surface area contributed by atoms with Gasteiger partial charge in [-0.3, -0.25) is 9.59 Å². The number of hydrogen-bond donors (Lipinski definition) is 1. The van der Waals surface area contributed by atoms with E-state index in [9.17, 15) is 9.59 Å². The molecule has 0 spiro atoms. The van der Waals surface area contributed by atoms with Gasteiger partial charge in [-0.25, -0.2) is 0 Å². The van der Waals surface area contributed by atoms with Gasteiger partial charge in [0.15, 0.2) is 0 Å². The maximum atomic E-state index is 12.5. The second kappa shape index (κ2) is 10.9. The minimum Gasteiger partial charge on any atom is -0.329 e. The first-order chi connectivity index (χ1) is 13.1. The van der Waals surface area contributed by atoms with Gasteiger partial charge in [0, 0.05) is 18.1 Å². The minimum atomic E-state index is -0.782. The highest BCUT2D eigenvalue weighted by Crippen LogP contribution is 2.24. The summed E-state index contributed by atoms with van der Waals surface area (Å²) in [5.74, 6) is 0.249. The monoisotopic (exact) mass is 397 g/mol. The van der Waals surface area contributed by atoms with Crippen molar-refractivity contribution in [3.8, 4) is 0 Å². The van der Waals surface area contributed by atoms with E-state index in [0.717, 1.165) is 45.8 Å². The van der Waals surface area contributed by atoms with E-state index in [1.54, 1.807) is 12.2 Å². The lowest BCUT2D eigenvalue weighted by atomic mass is 10.1. The zero-order valence-electron chi connectivity index (χ0n) is 15.1. The second-order valence-electron chi connectivity index (χ2n) is 5.90. The summed E-state index contributed by atoms with van der Waals surface area (Å²) in [6, 6.07) is 15.6. The molecule has 2 aromatic carbocycles. The Labute approximate surface area is 169 Å². The summed E-state index contributed by atoms with van der Waals surface area (Å²) in [5.41, 5.74) is 9.78. The molecule has 0 bridgehead atoms. The molecule has 1 unspecified atom stereocenters. The maximum absolute atomic E-state index is 12.5. The molecule has 2 aromatic rings. The molecule has 0 aliphatic carbocycles. The van der Waals surface area contributed by atoms with E-state index in [2.05, 4.69) is 13.2 Å². The number of benzene rings is 2. The van der Waals surface area contributed by atoms with Gasteiger partial charge in [0.05, 0.1) is 0 Å². The Balaban J connectivity index is 1.89. The van der Waals surface area contributed by atoms with Crippen molar-refractivity contribution >= 4 is 45.9 Å². The van der Waals surface area contributed by atoms with E-state index in [-0.39, 0.29) is 16.8 Å². The van der Waals surface area contributed by atoms with Crippen LogP contribution in [0.15, 0.2) is 61.7 Å². The first kappa shape index (κ1) is 21.2. The number of carbonyl (C=O) groups is 2. The Bertz CT molecular complexity index is 815. The van der Waals surface area contributed by atoms with Crippen LogP contribution < -0.4 is 5.73 Å². The molecular weight excluding hydrogens is 374 g/mol. The van der Waals surface area contributed by atoms with Gasteiger partial charge in [0.1, 0.15) is 5.92 Å². The first-order valence-corrected chi connectivity index (χ1v) is 10.5. The summed E-state index contributed by atoms with van der Waals surface area (Å²) in [7, 11) is 0. The van der Waals surface area contributed by atoms with E-state index < -0.39 is 5.92 Å². The van der Waals surface area contributed by atoms with Crippen LogP contribution in [-0.4, -0.2) is 16.8 Å². The van der Waals surface area contributed by atoms with Gasteiger partial charge in [0.25, 0.3) is 0 Å². The highest BCUT2D eigenvalue weighted by Gasteiger charge is 2.25. The number of carbonyl (C=O) groups excluding carboxylic acids is 2. The molecule has 27 heavy (non-hydrogen) atoms. The van der Waals surface area contributed by atoms with E-state index in [0.29, 0.717) is 11.5 Å². The van der Waals surface area contributed by atoms with Gasteiger partial charge in [-0.15, -0.1) is 0 Å². The summed E-state index contributed by atoms with van der Waals surface area (Å²) >= 11 is 2.28. The zero-order valence-corrected chi connectivity index (χ0v) is 16.7. The largest absolute Gasteiger partial charge is 0.329 e. The number of hydrogen-bond acceptors (Lipinski definition) is 5. The third-order valence-electron chi connectivity index (χ3n) is 3.97. The summed E-state index contributed by atoms with van der Waals surface area (Å²) in [6.45, 7) is 7.49. The van der Waals surface area contributed by atoms with Crippen LogP contribution in [0.3, 0.4) is 0 Å². The Morgan fingerprint density at radius 2 is 1.48 bits per heavy atom. The lowest BCUT2D eigenvalue weighted by molar-refractivity contribution is -0.122. The SMILES string of the molecule is C=Cc1ccc(CSC(=O)C(CN)C(=O)SCc2cccc(C=C)c2)cc1. The fourth-order valence-corrected chi connectivity index (χ4v) is 4.23. The molecule has 0 aliphatic rings. The van der Waals surface area contributed by atoms with Gasteiger partial charge in [-0.05, 0) is 22.3 Å². The van der Waals surface area contributed by atoms with Gasteiger partial charge < -0.3 is 5.73 Å². The van der Waals surface area contributed by atoms with Crippen molar-refractivity contribution in [1.29, 1.82) is 0 Å². The quantitative estimate of drug-likeness (QED) is 0.618. The van der Waals surface area contributed by atoms with Crippen molar-refractivity contribution in [3.05, 3.63) is 83.9 Å². The normalized spacial score (nSPS) is 11.6. The molecule has 0 radical (unpaired) electrons. The van der Waals surface area contributed by atoms with Crippen molar-refractivity contribution in [3.63, 3.8) is 0 Å². The predicted molar refractivity (Wildman–Crippen MR) is 118 cm³/mol. The van der Waals surface area contributed by atoms with Crippen LogP contribution >= 0.6 is 23.5 Å². The third-order valence-corrected chi connectivity index (χ3v) is 6.06. The van der Waals surface area contributed by atoms with E-state index in [1.165, 1.54) is 0 Å². The average Bonchev–Trinajstić information content (AvgIpc) is 2.71. The van der Waals surface area contributed by atoms with Crippen LogP contribution in [0.5, 0.6) is 0 Å². The third kappa shape index (κ3) is 6.54. The highest BCUT2D eigenvalue weighted by atomic mass is 32.2. The predicted octanol–water partition coefficient (Wildman–Crippen LogP) is 4.77. The molecule has 5 heteroatoms. The smallest absolute Gasteiger partial charge is 0.201 e. The average molecular weight is 398 g/mol. The van der Waals surface area contributed by atoms with Crippen LogP contribution in [0.2, 0.25) is 0 Å². The van der Waals surface area contributed by atoms with Crippen molar-refractivity contribution in [2.45, 2.75) is 11.5 Å².